The van der Waals surface area contributed by atoms with Gasteiger partial charge in [0.05, 0.1) is 0 Å². The van der Waals surface area contributed by atoms with E-state index in [1.165, 1.54) is 0 Å². The molecule has 0 amide bonds. The molecule has 0 atom stereocenters. The molecule has 0 spiro atoms. The Morgan fingerprint density at radius 3 is 2.47 bits per heavy atom. The fourth-order valence-electron chi connectivity index (χ4n) is 1.21. The largest absolute Gasteiger partial charge is 0.330 e. The van der Waals surface area contributed by atoms with Crippen molar-refractivity contribution >= 4 is 0 Å². The van der Waals surface area contributed by atoms with Gasteiger partial charge in [-0.3, -0.25) is 0 Å². The summed E-state index contributed by atoms with van der Waals surface area (Å²) in [6, 6.07) is 3.60. The molecule has 0 aliphatic carbocycles. The Bertz CT molecular complexity index is 429. The van der Waals surface area contributed by atoms with E-state index < -0.39 is 0 Å². The zero-order valence-corrected chi connectivity index (χ0v) is 8.17. The maximum Gasteiger partial charge on any atom is 0.197 e. The molecule has 0 unspecified atom stereocenters. The van der Waals surface area contributed by atoms with Gasteiger partial charge in [-0.05, 0) is 18.7 Å². The van der Waals surface area contributed by atoms with Crippen molar-refractivity contribution in [3.05, 3.63) is 36.4 Å². The lowest BCUT2D eigenvalue weighted by atomic mass is 10.3. The summed E-state index contributed by atoms with van der Waals surface area (Å²) in [5.41, 5.74) is 6.37. The fraction of sp³-hybridized carbons (Fsp3) is 0.200. The lowest BCUT2D eigenvalue weighted by Gasteiger charge is -2.00. The molecule has 2 N–H and O–H groups in total. The molecule has 2 aromatic rings. The first kappa shape index (κ1) is 9.67. The van der Waals surface area contributed by atoms with Crippen molar-refractivity contribution in [2.45, 2.75) is 6.42 Å². The van der Waals surface area contributed by atoms with E-state index in [0.29, 0.717) is 18.2 Å². The molecule has 2 aromatic heterocycles. The van der Waals surface area contributed by atoms with Crippen molar-refractivity contribution in [1.29, 1.82) is 0 Å². The Hall–Kier alpha value is -1.88. The van der Waals surface area contributed by atoms with Gasteiger partial charge in [-0.25, -0.2) is 19.9 Å². The van der Waals surface area contributed by atoms with E-state index in [-0.39, 0.29) is 0 Å². The molecular formula is C10H11N5. The highest BCUT2D eigenvalue weighted by Crippen LogP contribution is 2.07. The van der Waals surface area contributed by atoms with E-state index >= 15 is 0 Å². The van der Waals surface area contributed by atoms with Crippen LogP contribution in [0.1, 0.15) is 5.69 Å². The molecule has 76 valence electrons. The highest BCUT2D eigenvalue weighted by Gasteiger charge is 2.03. The molecule has 5 heteroatoms. The number of hydrogen-bond acceptors (Lipinski definition) is 5. The Balaban J connectivity index is 2.33. The van der Waals surface area contributed by atoms with Crippen molar-refractivity contribution in [2.75, 3.05) is 6.54 Å². The molecule has 0 aliphatic rings. The van der Waals surface area contributed by atoms with Crippen LogP contribution >= 0.6 is 0 Å². The third kappa shape index (κ3) is 2.32. The van der Waals surface area contributed by atoms with E-state index in [1.54, 1.807) is 24.7 Å². The summed E-state index contributed by atoms with van der Waals surface area (Å²) in [6.45, 7) is 0.575. The molecule has 0 bridgehead atoms. The first-order chi connectivity index (χ1) is 7.40. The fourth-order valence-corrected chi connectivity index (χ4v) is 1.21. The molecule has 0 saturated heterocycles. The van der Waals surface area contributed by atoms with Crippen molar-refractivity contribution < 1.29 is 0 Å². The summed E-state index contributed by atoms with van der Waals surface area (Å²) >= 11 is 0. The molecule has 0 aliphatic heterocycles. The number of aromatic nitrogens is 4. The quantitative estimate of drug-likeness (QED) is 0.779. The van der Waals surface area contributed by atoms with Crippen LogP contribution in [0, 0.1) is 0 Å². The zero-order chi connectivity index (χ0) is 10.5. The maximum absolute atomic E-state index is 5.46. The summed E-state index contributed by atoms with van der Waals surface area (Å²) in [5, 5.41) is 0. The van der Waals surface area contributed by atoms with Crippen LogP contribution in [0.4, 0.5) is 0 Å². The SMILES string of the molecule is NCCc1ccnc(-c2ncccn2)n1. The van der Waals surface area contributed by atoms with Gasteiger partial charge in [0.1, 0.15) is 0 Å². The van der Waals surface area contributed by atoms with E-state index in [4.69, 9.17) is 5.73 Å². The predicted octanol–water partition coefficient (Wildman–Crippen LogP) is 0.435. The smallest absolute Gasteiger partial charge is 0.197 e. The molecular weight excluding hydrogens is 190 g/mol. The summed E-state index contributed by atoms with van der Waals surface area (Å²) in [7, 11) is 0. The number of nitrogens with zero attached hydrogens (tertiary/aromatic N) is 4. The Labute approximate surface area is 87.4 Å². The second-order valence-corrected chi connectivity index (χ2v) is 2.98. The average molecular weight is 201 g/mol. The van der Waals surface area contributed by atoms with Crippen molar-refractivity contribution in [1.82, 2.24) is 19.9 Å². The second kappa shape index (κ2) is 4.56. The van der Waals surface area contributed by atoms with E-state index in [0.717, 1.165) is 12.1 Å². The van der Waals surface area contributed by atoms with Gasteiger partial charge in [0, 0.05) is 30.7 Å². The minimum Gasteiger partial charge on any atom is -0.330 e. The van der Waals surface area contributed by atoms with Gasteiger partial charge < -0.3 is 5.73 Å². The molecule has 0 fully saturated rings. The third-order valence-corrected chi connectivity index (χ3v) is 1.88. The van der Waals surface area contributed by atoms with Gasteiger partial charge in [0.2, 0.25) is 0 Å². The van der Waals surface area contributed by atoms with Crippen LogP contribution in [0.25, 0.3) is 11.6 Å². The van der Waals surface area contributed by atoms with Crippen LogP contribution in [0.15, 0.2) is 30.7 Å². The summed E-state index contributed by atoms with van der Waals surface area (Å²) in [4.78, 5) is 16.6. The highest BCUT2D eigenvalue weighted by atomic mass is 15.0. The van der Waals surface area contributed by atoms with Crippen LogP contribution in [-0.2, 0) is 6.42 Å². The van der Waals surface area contributed by atoms with Crippen LogP contribution in [0.5, 0.6) is 0 Å². The number of nitrogens with two attached hydrogens (primary N) is 1. The Kier molecular flexibility index (Phi) is 2.94. The molecule has 15 heavy (non-hydrogen) atoms. The van der Waals surface area contributed by atoms with Gasteiger partial charge in [-0.1, -0.05) is 0 Å². The van der Waals surface area contributed by atoms with Crippen LogP contribution in [0.3, 0.4) is 0 Å². The highest BCUT2D eigenvalue weighted by molar-refractivity contribution is 5.41. The molecule has 5 nitrogen and oxygen atoms in total. The zero-order valence-electron chi connectivity index (χ0n) is 8.17. The van der Waals surface area contributed by atoms with Gasteiger partial charge in [-0.15, -0.1) is 0 Å². The first-order valence-corrected chi connectivity index (χ1v) is 4.69. The van der Waals surface area contributed by atoms with E-state index in [1.807, 2.05) is 6.07 Å². The second-order valence-electron chi connectivity index (χ2n) is 2.98. The van der Waals surface area contributed by atoms with Crippen LogP contribution in [0.2, 0.25) is 0 Å². The molecule has 2 rings (SSSR count). The van der Waals surface area contributed by atoms with Crippen molar-refractivity contribution in [2.24, 2.45) is 5.73 Å². The van der Waals surface area contributed by atoms with Crippen molar-refractivity contribution in [3.63, 3.8) is 0 Å². The van der Waals surface area contributed by atoms with E-state index in [2.05, 4.69) is 19.9 Å². The summed E-state index contributed by atoms with van der Waals surface area (Å²) < 4.78 is 0. The maximum atomic E-state index is 5.46. The third-order valence-electron chi connectivity index (χ3n) is 1.88. The molecule has 0 radical (unpaired) electrons. The van der Waals surface area contributed by atoms with Crippen LogP contribution < -0.4 is 5.73 Å². The monoisotopic (exact) mass is 201 g/mol. The van der Waals surface area contributed by atoms with Gasteiger partial charge in [-0.2, -0.15) is 0 Å². The summed E-state index contributed by atoms with van der Waals surface area (Å²) in [6.07, 6.45) is 5.77. The first-order valence-electron chi connectivity index (χ1n) is 4.69. The van der Waals surface area contributed by atoms with Crippen LogP contribution in [-0.4, -0.2) is 26.5 Å². The standard InChI is InChI=1S/C10H11N5/c11-4-2-8-3-7-14-10(15-8)9-12-5-1-6-13-9/h1,3,5-7H,2,4,11H2. The normalized spacial score (nSPS) is 10.2. The topological polar surface area (TPSA) is 77.6 Å². The lowest BCUT2D eigenvalue weighted by Crippen LogP contribution is -2.05. The molecule has 2 heterocycles. The van der Waals surface area contributed by atoms with Gasteiger partial charge in [0.15, 0.2) is 11.6 Å². The number of rotatable bonds is 3. The lowest BCUT2D eigenvalue weighted by molar-refractivity contribution is 0.907. The minimum atomic E-state index is 0.538. The van der Waals surface area contributed by atoms with Gasteiger partial charge in [0.25, 0.3) is 0 Å². The van der Waals surface area contributed by atoms with Crippen molar-refractivity contribution in [3.8, 4) is 11.6 Å². The van der Waals surface area contributed by atoms with E-state index in [9.17, 15) is 0 Å². The number of hydrogen-bond donors (Lipinski definition) is 1. The van der Waals surface area contributed by atoms with Gasteiger partial charge >= 0.3 is 0 Å². The molecule has 0 saturated carbocycles. The average Bonchev–Trinajstić information content (AvgIpc) is 2.31. The molecule has 0 aromatic carbocycles. The minimum absolute atomic E-state index is 0.538. The Morgan fingerprint density at radius 1 is 1.00 bits per heavy atom. The summed E-state index contributed by atoms with van der Waals surface area (Å²) in [5.74, 6) is 1.08. The predicted molar refractivity (Wildman–Crippen MR) is 55.8 cm³/mol. The Morgan fingerprint density at radius 2 is 1.73 bits per heavy atom.